The lowest BCUT2D eigenvalue weighted by Gasteiger charge is -2.12. The molecule has 1 atom stereocenters. The van der Waals surface area contributed by atoms with Gasteiger partial charge in [0.1, 0.15) is 5.69 Å². The second-order valence-corrected chi connectivity index (χ2v) is 5.35. The molecule has 4 N–H and O–H groups in total. The highest BCUT2D eigenvalue weighted by molar-refractivity contribution is 5.99. The Bertz CT molecular complexity index is 690. The Hall–Kier alpha value is -2.83. The number of carboxylic acid groups (broad SMARTS) is 1. The summed E-state index contributed by atoms with van der Waals surface area (Å²) < 4.78 is 0. The van der Waals surface area contributed by atoms with Crippen LogP contribution in [0.4, 0.5) is 0 Å². The van der Waals surface area contributed by atoms with Crippen molar-refractivity contribution in [3.63, 3.8) is 0 Å². The number of nitrogens with one attached hydrogen (secondary N) is 3. The fourth-order valence-electron chi connectivity index (χ4n) is 2.19. The number of para-hydroxylation sites is 1. The van der Waals surface area contributed by atoms with Gasteiger partial charge in [-0.15, -0.1) is 0 Å². The van der Waals surface area contributed by atoms with Crippen LogP contribution in [0.2, 0.25) is 0 Å². The van der Waals surface area contributed by atoms with Crippen LogP contribution in [0.3, 0.4) is 0 Å². The van der Waals surface area contributed by atoms with Crippen molar-refractivity contribution in [1.82, 2.24) is 15.6 Å². The number of benzene rings is 1. The topological polar surface area (TPSA) is 111 Å². The van der Waals surface area contributed by atoms with E-state index in [1.165, 1.54) is 0 Å². The van der Waals surface area contributed by atoms with Gasteiger partial charge in [-0.05, 0) is 25.5 Å². The Labute approximate surface area is 133 Å². The lowest BCUT2D eigenvalue weighted by atomic mass is 10.2. The summed E-state index contributed by atoms with van der Waals surface area (Å²) in [5.41, 5.74) is 1.24. The Morgan fingerprint density at radius 2 is 2.00 bits per heavy atom. The van der Waals surface area contributed by atoms with Crippen LogP contribution in [0.1, 0.15) is 30.3 Å². The molecule has 1 aromatic heterocycles. The van der Waals surface area contributed by atoms with Crippen LogP contribution >= 0.6 is 0 Å². The number of aromatic nitrogens is 1. The maximum Gasteiger partial charge on any atom is 0.303 e. The highest BCUT2D eigenvalue weighted by Gasteiger charge is 2.13. The normalized spacial score (nSPS) is 11.9. The van der Waals surface area contributed by atoms with Crippen LogP contribution in [0, 0.1) is 0 Å². The van der Waals surface area contributed by atoms with Gasteiger partial charge in [-0.3, -0.25) is 14.4 Å². The van der Waals surface area contributed by atoms with Crippen molar-refractivity contribution >= 4 is 28.7 Å². The van der Waals surface area contributed by atoms with Crippen molar-refractivity contribution in [2.45, 2.75) is 25.8 Å². The first-order valence-electron chi connectivity index (χ1n) is 7.33. The van der Waals surface area contributed by atoms with Crippen molar-refractivity contribution in [3.8, 4) is 0 Å². The van der Waals surface area contributed by atoms with Crippen molar-refractivity contribution in [2.24, 2.45) is 0 Å². The summed E-state index contributed by atoms with van der Waals surface area (Å²) >= 11 is 0. The predicted octanol–water partition coefficient (Wildman–Crippen LogP) is 1.27. The van der Waals surface area contributed by atoms with Crippen LogP contribution in [-0.4, -0.2) is 40.5 Å². The van der Waals surface area contributed by atoms with E-state index < -0.39 is 5.97 Å². The molecule has 2 aromatic rings. The molecule has 23 heavy (non-hydrogen) atoms. The summed E-state index contributed by atoms with van der Waals surface area (Å²) in [5, 5.41) is 14.7. The maximum absolute atomic E-state index is 12.0. The van der Waals surface area contributed by atoms with Crippen molar-refractivity contribution in [1.29, 1.82) is 0 Å². The molecule has 7 heteroatoms. The van der Waals surface area contributed by atoms with E-state index in [1.807, 2.05) is 24.3 Å². The average Bonchev–Trinajstić information content (AvgIpc) is 2.94. The first kappa shape index (κ1) is 16.5. The van der Waals surface area contributed by atoms with Gasteiger partial charge in [-0.25, -0.2) is 0 Å². The van der Waals surface area contributed by atoms with E-state index in [-0.39, 0.29) is 30.8 Å². The molecule has 1 unspecified atom stereocenters. The highest BCUT2D eigenvalue weighted by Crippen LogP contribution is 2.14. The third kappa shape index (κ3) is 4.84. The van der Waals surface area contributed by atoms with Crippen molar-refractivity contribution < 1.29 is 19.5 Å². The Morgan fingerprint density at radius 3 is 2.70 bits per heavy atom. The van der Waals surface area contributed by atoms with Crippen LogP contribution in [-0.2, 0) is 9.59 Å². The lowest BCUT2D eigenvalue weighted by Crippen LogP contribution is -2.41. The maximum atomic E-state index is 12.0. The van der Waals surface area contributed by atoms with E-state index in [2.05, 4.69) is 15.6 Å². The third-order valence-corrected chi connectivity index (χ3v) is 3.38. The number of hydrogen-bond acceptors (Lipinski definition) is 3. The zero-order valence-electron chi connectivity index (χ0n) is 12.8. The van der Waals surface area contributed by atoms with Gasteiger partial charge >= 0.3 is 5.97 Å². The van der Waals surface area contributed by atoms with Gasteiger partial charge in [0.2, 0.25) is 5.91 Å². The SMILES string of the molecule is CC(CCC(=O)O)NC(=O)CNC(=O)c1cc2ccccc2[nH]1. The number of fused-ring (bicyclic) bond motifs is 1. The van der Waals surface area contributed by atoms with E-state index in [1.54, 1.807) is 13.0 Å². The molecular weight excluding hydrogens is 298 g/mol. The fraction of sp³-hybridized carbons (Fsp3) is 0.312. The zero-order chi connectivity index (χ0) is 16.8. The molecule has 0 saturated heterocycles. The molecule has 122 valence electrons. The number of amides is 2. The Morgan fingerprint density at radius 1 is 1.26 bits per heavy atom. The summed E-state index contributed by atoms with van der Waals surface area (Å²) in [6.45, 7) is 1.56. The Balaban J connectivity index is 1.81. The number of aromatic amines is 1. The van der Waals surface area contributed by atoms with Gasteiger partial charge in [0, 0.05) is 23.4 Å². The molecule has 0 fully saturated rings. The molecule has 0 saturated carbocycles. The van der Waals surface area contributed by atoms with Crippen LogP contribution < -0.4 is 10.6 Å². The second kappa shape index (κ2) is 7.44. The number of hydrogen-bond donors (Lipinski definition) is 4. The number of carbonyl (C=O) groups is 3. The highest BCUT2D eigenvalue weighted by atomic mass is 16.4. The number of rotatable bonds is 7. The molecule has 0 spiro atoms. The molecule has 1 aromatic carbocycles. The first-order chi connectivity index (χ1) is 11.0. The van der Waals surface area contributed by atoms with Crippen molar-refractivity contribution in [3.05, 3.63) is 36.0 Å². The molecule has 0 aliphatic heterocycles. The Kier molecular flexibility index (Phi) is 5.35. The molecule has 0 radical (unpaired) electrons. The van der Waals surface area contributed by atoms with Gasteiger partial charge < -0.3 is 20.7 Å². The van der Waals surface area contributed by atoms with Gasteiger partial charge in [0.15, 0.2) is 0 Å². The molecule has 2 amide bonds. The monoisotopic (exact) mass is 317 g/mol. The van der Waals surface area contributed by atoms with Crippen LogP contribution in [0.5, 0.6) is 0 Å². The fourth-order valence-corrected chi connectivity index (χ4v) is 2.19. The predicted molar refractivity (Wildman–Crippen MR) is 85.1 cm³/mol. The first-order valence-corrected chi connectivity index (χ1v) is 7.33. The minimum Gasteiger partial charge on any atom is -0.481 e. The minimum absolute atomic E-state index is 0.0110. The standard InChI is InChI=1S/C16H19N3O4/c1-10(6-7-15(21)22)18-14(20)9-17-16(23)13-8-11-4-2-3-5-12(11)19-13/h2-5,8,10,19H,6-7,9H2,1H3,(H,17,23)(H,18,20)(H,21,22). The molecule has 1 heterocycles. The van der Waals surface area contributed by atoms with E-state index in [4.69, 9.17) is 5.11 Å². The van der Waals surface area contributed by atoms with Gasteiger partial charge in [0.05, 0.1) is 6.54 Å². The van der Waals surface area contributed by atoms with E-state index >= 15 is 0 Å². The van der Waals surface area contributed by atoms with Gasteiger partial charge in [-0.2, -0.15) is 0 Å². The number of carbonyl (C=O) groups excluding carboxylic acids is 2. The molecule has 0 aliphatic rings. The third-order valence-electron chi connectivity index (χ3n) is 3.38. The molecular formula is C16H19N3O4. The molecule has 0 bridgehead atoms. The average molecular weight is 317 g/mol. The number of H-pyrrole nitrogens is 1. The molecule has 2 rings (SSSR count). The van der Waals surface area contributed by atoms with Gasteiger partial charge in [-0.1, -0.05) is 18.2 Å². The molecule has 0 aliphatic carbocycles. The summed E-state index contributed by atoms with van der Waals surface area (Å²) in [5.74, 6) is -1.62. The quantitative estimate of drug-likeness (QED) is 0.616. The lowest BCUT2D eigenvalue weighted by molar-refractivity contribution is -0.137. The van der Waals surface area contributed by atoms with E-state index in [9.17, 15) is 14.4 Å². The van der Waals surface area contributed by atoms with Crippen LogP contribution in [0.15, 0.2) is 30.3 Å². The minimum atomic E-state index is -0.904. The number of aliphatic carboxylic acids is 1. The summed E-state index contributed by atoms with van der Waals surface area (Å²) in [6, 6.07) is 8.96. The smallest absolute Gasteiger partial charge is 0.303 e. The van der Waals surface area contributed by atoms with E-state index in [0.29, 0.717) is 12.1 Å². The molecule has 7 nitrogen and oxygen atoms in total. The van der Waals surface area contributed by atoms with Crippen LogP contribution in [0.25, 0.3) is 10.9 Å². The largest absolute Gasteiger partial charge is 0.481 e. The van der Waals surface area contributed by atoms with Gasteiger partial charge in [0.25, 0.3) is 5.91 Å². The zero-order valence-corrected chi connectivity index (χ0v) is 12.8. The summed E-state index contributed by atoms with van der Waals surface area (Å²) in [7, 11) is 0. The van der Waals surface area contributed by atoms with Crippen molar-refractivity contribution in [2.75, 3.05) is 6.54 Å². The van der Waals surface area contributed by atoms with E-state index in [0.717, 1.165) is 10.9 Å². The second-order valence-electron chi connectivity index (χ2n) is 5.35. The summed E-state index contributed by atoms with van der Waals surface area (Å²) in [6.07, 6.45) is 0.333. The summed E-state index contributed by atoms with van der Waals surface area (Å²) in [4.78, 5) is 37.2. The number of carboxylic acids is 1.